The molecule has 3 aromatic rings. The van der Waals surface area contributed by atoms with E-state index in [0.717, 1.165) is 10.0 Å². The number of benzene rings is 2. The number of hydrogen-bond acceptors (Lipinski definition) is 3. The largest absolute Gasteiger partial charge is 0.328 e. The first kappa shape index (κ1) is 17.8. The number of halogens is 1. The van der Waals surface area contributed by atoms with Gasteiger partial charge >= 0.3 is 5.69 Å². The third kappa shape index (κ3) is 3.00. The molecule has 8 heteroatoms. The van der Waals surface area contributed by atoms with Crippen molar-refractivity contribution in [2.45, 2.75) is 18.7 Å². The van der Waals surface area contributed by atoms with Crippen LogP contribution in [0.3, 0.4) is 0 Å². The molecule has 25 heavy (non-hydrogen) atoms. The fourth-order valence-corrected chi connectivity index (χ4v) is 4.38. The maximum atomic E-state index is 12.8. The zero-order chi connectivity index (χ0) is 18.5. The summed E-state index contributed by atoms with van der Waals surface area (Å²) in [6, 6.07) is 8.51. The number of anilines is 1. The van der Waals surface area contributed by atoms with Crippen molar-refractivity contribution in [3.63, 3.8) is 0 Å². The van der Waals surface area contributed by atoms with E-state index in [1.54, 1.807) is 51.4 Å². The van der Waals surface area contributed by atoms with E-state index in [-0.39, 0.29) is 10.6 Å². The first-order chi connectivity index (χ1) is 11.6. The second-order valence-electron chi connectivity index (χ2n) is 6.08. The monoisotopic (exact) mass is 423 g/mol. The van der Waals surface area contributed by atoms with Crippen LogP contribution in [0, 0.1) is 13.8 Å². The summed E-state index contributed by atoms with van der Waals surface area (Å²) in [4.78, 5) is 12.2. The minimum absolute atomic E-state index is 0.154. The van der Waals surface area contributed by atoms with Crippen LogP contribution in [0.2, 0.25) is 0 Å². The van der Waals surface area contributed by atoms with Gasteiger partial charge in [0.25, 0.3) is 10.0 Å². The Bertz CT molecular complexity index is 1160. The number of nitrogens with zero attached hydrogens (tertiary/aromatic N) is 2. The van der Waals surface area contributed by atoms with Crippen LogP contribution >= 0.6 is 15.9 Å². The quantitative estimate of drug-likeness (QED) is 0.703. The van der Waals surface area contributed by atoms with Gasteiger partial charge in [-0.25, -0.2) is 13.2 Å². The Morgan fingerprint density at radius 3 is 2.16 bits per heavy atom. The van der Waals surface area contributed by atoms with Gasteiger partial charge in [-0.15, -0.1) is 0 Å². The Morgan fingerprint density at radius 2 is 1.56 bits per heavy atom. The van der Waals surface area contributed by atoms with Crippen molar-refractivity contribution in [2.75, 3.05) is 4.72 Å². The van der Waals surface area contributed by atoms with Crippen molar-refractivity contribution in [1.29, 1.82) is 0 Å². The van der Waals surface area contributed by atoms with Crippen LogP contribution in [0.15, 0.2) is 44.5 Å². The summed E-state index contributed by atoms with van der Waals surface area (Å²) in [5.74, 6) is 0. The number of aromatic nitrogens is 2. The average molecular weight is 424 g/mol. The van der Waals surface area contributed by atoms with E-state index in [4.69, 9.17) is 0 Å². The summed E-state index contributed by atoms with van der Waals surface area (Å²) < 4.78 is 32.2. The Kier molecular flexibility index (Phi) is 4.28. The van der Waals surface area contributed by atoms with Crippen molar-refractivity contribution in [3.8, 4) is 0 Å². The lowest BCUT2D eigenvalue weighted by Crippen LogP contribution is -2.19. The van der Waals surface area contributed by atoms with Crippen molar-refractivity contribution in [3.05, 3.63) is 56.4 Å². The van der Waals surface area contributed by atoms with E-state index < -0.39 is 10.0 Å². The van der Waals surface area contributed by atoms with Crippen LogP contribution in [0.4, 0.5) is 5.69 Å². The Balaban J connectivity index is 2.13. The Hall–Kier alpha value is -2.06. The van der Waals surface area contributed by atoms with Crippen LogP contribution in [-0.4, -0.2) is 17.6 Å². The number of sulfonamides is 1. The molecule has 1 aromatic heterocycles. The first-order valence-corrected chi connectivity index (χ1v) is 9.84. The number of imidazole rings is 1. The van der Waals surface area contributed by atoms with Gasteiger partial charge in [0, 0.05) is 24.3 Å². The van der Waals surface area contributed by atoms with E-state index in [1.807, 2.05) is 6.92 Å². The minimum Gasteiger partial charge on any atom is -0.295 e. The fourth-order valence-electron chi connectivity index (χ4n) is 2.84. The molecule has 2 aromatic carbocycles. The van der Waals surface area contributed by atoms with Crippen molar-refractivity contribution >= 4 is 42.7 Å². The molecule has 0 aliphatic rings. The van der Waals surface area contributed by atoms with Gasteiger partial charge in [-0.3, -0.25) is 13.9 Å². The van der Waals surface area contributed by atoms with Crippen LogP contribution in [0.1, 0.15) is 11.1 Å². The molecule has 0 aliphatic heterocycles. The van der Waals surface area contributed by atoms with Gasteiger partial charge in [0.15, 0.2) is 0 Å². The Morgan fingerprint density at radius 1 is 0.960 bits per heavy atom. The van der Waals surface area contributed by atoms with Crippen molar-refractivity contribution in [1.82, 2.24) is 9.13 Å². The molecule has 1 heterocycles. The van der Waals surface area contributed by atoms with Crippen LogP contribution in [-0.2, 0) is 24.1 Å². The summed E-state index contributed by atoms with van der Waals surface area (Å²) in [5.41, 5.74) is 3.07. The average Bonchev–Trinajstić information content (AvgIpc) is 2.74. The van der Waals surface area contributed by atoms with Gasteiger partial charge in [-0.05, 0) is 55.3 Å². The van der Waals surface area contributed by atoms with Crippen molar-refractivity contribution in [2.24, 2.45) is 14.1 Å². The highest BCUT2D eigenvalue weighted by Crippen LogP contribution is 2.26. The highest BCUT2D eigenvalue weighted by Gasteiger charge is 2.20. The number of rotatable bonds is 3. The SMILES string of the molecule is Cc1cc(NS(=O)(=O)c2cc3c(cc2C)n(C)c(=O)n3C)ccc1Br. The van der Waals surface area contributed by atoms with Crippen LogP contribution in [0.5, 0.6) is 0 Å². The summed E-state index contributed by atoms with van der Waals surface area (Å²) in [5, 5.41) is 0. The topological polar surface area (TPSA) is 73.1 Å². The molecule has 0 bridgehead atoms. The fraction of sp³-hybridized carbons (Fsp3) is 0.235. The van der Waals surface area contributed by atoms with E-state index >= 15 is 0 Å². The van der Waals surface area contributed by atoms with E-state index in [2.05, 4.69) is 20.7 Å². The second kappa shape index (κ2) is 6.03. The molecule has 0 amide bonds. The van der Waals surface area contributed by atoms with Gasteiger partial charge in [0.05, 0.1) is 15.9 Å². The lowest BCUT2D eigenvalue weighted by Gasteiger charge is -2.12. The normalized spacial score (nSPS) is 11.9. The molecule has 0 unspecified atom stereocenters. The molecule has 3 rings (SSSR count). The van der Waals surface area contributed by atoms with E-state index in [9.17, 15) is 13.2 Å². The summed E-state index contributed by atoms with van der Waals surface area (Å²) >= 11 is 3.40. The molecular weight excluding hydrogens is 406 g/mol. The van der Waals surface area contributed by atoms with Gasteiger partial charge in [0.2, 0.25) is 0 Å². The zero-order valence-electron chi connectivity index (χ0n) is 14.3. The number of aryl methyl sites for hydroxylation is 4. The third-order valence-corrected chi connectivity index (χ3v) is 6.68. The predicted octanol–water partition coefficient (Wildman–Crippen LogP) is 3.06. The third-order valence-electron chi connectivity index (χ3n) is 4.27. The van der Waals surface area contributed by atoms with E-state index in [1.165, 1.54) is 9.13 Å². The van der Waals surface area contributed by atoms with Crippen LogP contribution < -0.4 is 10.4 Å². The van der Waals surface area contributed by atoms with Gasteiger partial charge in [-0.1, -0.05) is 15.9 Å². The van der Waals surface area contributed by atoms with Crippen LogP contribution in [0.25, 0.3) is 11.0 Å². The number of fused-ring (bicyclic) bond motifs is 1. The summed E-state index contributed by atoms with van der Waals surface area (Å²) in [7, 11) is -0.481. The highest BCUT2D eigenvalue weighted by molar-refractivity contribution is 9.10. The molecule has 0 radical (unpaired) electrons. The van der Waals surface area contributed by atoms with Gasteiger partial charge in [0.1, 0.15) is 0 Å². The molecule has 6 nitrogen and oxygen atoms in total. The minimum atomic E-state index is -3.78. The zero-order valence-corrected chi connectivity index (χ0v) is 16.7. The molecule has 0 aliphatic carbocycles. The second-order valence-corrected chi connectivity index (χ2v) is 8.58. The molecule has 0 spiro atoms. The predicted molar refractivity (Wildman–Crippen MR) is 103 cm³/mol. The first-order valence-electron chi connectivity index (χ1n) is 7.57. The summed E-state index contributed by atoms with van der Waals surface area (Å²) in [6.07, 6.45) is 0. The van der Waals surface area contributed by atoms with Gasteiger partial charge < -0.3 is 0 Å². The maximum Gasteiger partial charge on any atom is 0.328 e. The van der Waals surface area contributed by atoms with Crippen molar-refractivity contribution < 1.29 is 8.42 Å². The summed E-state index contributed by atoms with van der Waals surface area (Å²) in [6.45, 7) is 3.61. The lowest BCUT2D eigenvalue weighted by molar-refractivity contribution is 0.600. The molecule has 0 saturated heterocycles. The molecule has 0 atom stereocenters. The van der Waals surface area contributed by atoms with Gasteiger partial charge in [-0.2, -0.15) is 0 Å². The molecular formula is C17H18BrN3O3S. The molecule has 1 N–H and O–H groups in total. The Labute approximate surface area is 154 Å². The van der Waals surface area contributed by atoms with E-state index in [0.29, 0.717) is 22.3 Å². The smallest absolute Gasteiger partial charge is 0.295 e. The standard InChI is InChI=1S/C17H18BrN3O3S/c1-10-7-12(5-6-13(10)18)19-25(23,24)16-9-15-14(8-11(16)2)20(3)17(22)21(15)4/h5-9,19H,1-4H3. The molecule has 132 valence electrons. The highest BCUT2D eigenvalue weighted by atomic mass is 79.9. The molecule has 0 saturated carbocycles. The number of nitrogens with one attached hydrogen (secondary N) is 1. The maximum absolute atomic E-state index is 12.8. The lowest BCUT2D eigenvalue weighted by atomic mass is 10.2. The molecule has 0 fully saturated rings. The number of hydrogen-bond donors (Lipinski definition) is 1.